The Morgan fingerprint density at radius 3 is 2.67 bits per heavy atom. The van der Waals surface area contributed by atoms with E-state index in [1.807, 2.05) is 0 Å². The van der Waals surface area contributed by atoms with Crippen molar-refractivity contribution in [3.8, 4) is 11.8 Å². The zero-order valence-corrected chi connectivity index (χ0v) is 11.3. The Labute approximate surface area is 120 Å². The number of carbonyl (C=O) groups excluding carboxylic acids is 1. The van der Waals surface area contributed by atoms with Gasteiger partial charge in [0.25, 0.3) is 5.91 Å². The summed E-state index contributed by atoms with van der Waals surface area (Å²) >= 11 is 0. The van der Waals surface area contributed by atoms with Crippen LogP contribution in [0.25, 0.3) is 0 Å². The molecule has 1 aromatic rings. The maximum atomic E-state index is 11.9. The van der Waals surface area contributed by atoms with Crippen molar-refractivity contribution in [1.82, 2.24) is 10.3 Å². The van der Waals surface area contributed by atoms with Crippen molar-refractivity contribution in [2.45, 2.75) is 25.4 Å². The summed E-state index contributed by atoms with van der Waals surface area (Å²) in [5.74, 6) is 5.01. The number of pyridine rings is 1. The van der Waals surface area contributed by atoms with Gasteiger partial charge in [-0.3, -0.25) is 4.79 Å². The summed E-state index contributed by atoms with van der Waals surface area (Å²) in [7, 11) is 0. The molecule has 0 aliphatic rings. The normalized spacial score (nSPS) is 10.7. The van der Waals surface area contributed by atoms with Crippen LogP contribution in [0, 0.1) is 11.8 Å². The number of carbonyl (C=O) groups is 1. The van der Waals surface area contributed by atoms with Crippen LogP contribution in [0.2, 0.25) is 0 Å². The second-order valence-electron chi connectivity index (χ2n) is 4.27. The first-order valence-corrected chi connectivity index (χ1v) is 6.42. The van der Waals surface area contributed by atoms with E-state index in [1.165, 1.54) is 12.3 Å². The highest BCUT2D eigenvalue weighted by molar-refractivity contribution is 5.92. The molecule has 114 valence electrons. The van der Waals surface area contributed by atoms with Gasteiger partial charge in [-0.25, -0.2) is 4.98 Å². The number of hydrogen-bond acceptors (Lipinski definition) is 3. The predicted octanol–water partition coefficient (Wildman–Crippen LogP) is 1.85. The predicted molar refractivity (Wildman–Crippen MR) is 72.4 cm³/mol. The van der Waals surface area contributed by atoms with E-state index in [2.05, 4.69) is 22.1 Å². The quantitative estimate of drug-likeness (QED) is 0.644. The van der Waals surface area contributed by atoms with Crippen molar-refractivity contribution in [1.29, 1.82) is 0 Å². The summed E-state index contributed by atoms with van der Waals surface area (Å²) < 4.78 is 35.7. The lowest BCUT2D eigenvalue weighted by Crippen LogP contribution is -2.25. The van der Waals surface area contributed by atoms with Gasteiger partial charge in [0.15, 0.2) is 0 Å². The van der Waals surface area contributed by atoms with Crippen LogP contribution >= 0.6 is 0 Å². The Kier molecular flexibility index (Phi) is 6.69. The molecular weight excluding hydrogens is 283 g/mol. The number of hydrogen-bond donors (Lipinski definition) is 2. The first-order valence-electron chi connectivity index (χ1n) is 6.42. The van der Waals surface area contributed by atoms with Gasteiger partial charge < -0.3 is 11.1 Å². The first kappa shape index (κ1) is 17.0. The number of nitrogens with one attached hydrogen (secondary N) is 1. The summed E-state index contributed by atoms with van der Waals surface area (Å²) in [5.41, 5.74) is 6.07. The van der Waals surface area contributed by atoms with Gasteiger partial charge in [0.05, 0.1) is 6.54 Å². The van der Waals surface area contributed by atoms with Crippen molar-refractivity contribution in [2.75, 3.05) is 13.1 Å². The molecule has 0 aromatic carbocycles. The number of rotatable bonds is 5. The van der Waals surface area contributed by atoms with Crippen LogP contribution in [0.5, 0.6) is 0 Å². The minimum Gasteiger partial charge on any atom is -0.351 e. The SMILES string of the molecule is NCC#Cc1ccc(C(=O)NCCCCC(F)(F)F)nc1. The monoisotopic (exact) mass is 299 g/mol. The third-order valence-electron chi connectivity index (χ3n) is 2.50. The van der Waals surface area contributed by atoms with Crippen molar-refractivity contribution in [3.05, 3.63) is 29.6 Å². The smallest absolute Gasteiger partial charge is 0.351 e. The molecule has 1 aromatic heterocycles. The molecule has 0 unspecified atom stereocenters. The fraction of sp³-hybridized carbons (Fsp3) is 0.429. The van der Waals surface area contributed by atoms with E-state index < -0.39 is 18.5 Å². The number of nitrogens with zero attached hydrogens (tertiary/aromatic N) is 1. The van der Waals surface area contributed by atoms with E-state index in [0.717, 1.165) is 0 Å². The van der Waals surface area contributed by atoms with Crippen molar-refractivity contribution < 1.29 is 18.0 Å². The molecule has 0 fully saturated rings. The zero-order valence-electron chi connectivity index (χ0n) is 11.3. The van der Waals surface area contributed by atoms with Gasteiger partial charge in [-0.15, -0.1) is 0 Å². The Morgan fingerprint density at radius 2 is 2.10 bits per heavy atom. The maximum absolute atomic E-state index is 11.9. The van der Waals surface area contributed by atoms with Crippen molar-refractivity contribution in [2.24, 2.45) is 5.73 Å². The van der Waals surface area contributed by atoms with Crippen LogP contribution in [0.4, 0.5) is 13.2 Å². The Hall–Kier alpha value is -2.07. The second-order valence-corrected chi connectivity index (χ2v) is 4.27. The van der Waals surface area contributed by atoms with Crippen LogP contribution in [-0.2, 0) is 0 Å². The number of halogens is 3. The van der Waals surface area contributed by atoms with Crippen molar-refractivity contribution >= 4 is 5.91 Å². The third-order valence-corrected chi connectivity index (χ3v) is 2.50. The molecule has 1 amide bonds. The van der Waals surface area contributed by atoms with E-state index in [-0.39, 0.29) is 31.6 Å². The minimum absolute atomic E-state index is 0.00910. The van der Waals surface area contributed by atoms with E-state index in [4.69, 9.17) is 5.73 Å². The second kappa shape index (κ2) is 8.27. The van der Waals surface area contributed by atoms with Gasteiger partial charge in [-0.2, -0.15) is 13.2 Å². The fourth-order valence-electron chi connectivity index (χ4n) is 1.50. The van der Waals surface area contributed by atoms with Gasteiger partial charge in [-0.1, -0.05) is 11.8 Å². The molecule has 0 aliphatic carbocycles. The molecule has 0 radical (unpaired) electrons. The Bertz CT molecular complexity index is 515. The largest absolute Gasteiger partial charge is 0.389 e. The highest BCUT2D eigenvalue weighted by atomic mass is 19.4. The average Bonchev–Trinajstić information content (AvgIpc) is 2.44. The van der Waals surface area contributed by atoms with Gasteiger partial charge in [0.2, 0.25) is 0 Å². The van der Waals surface area contributed by atoms with Crippen molar-refractivity contribution in [3.63, 3.8) is 0 Å². The molecule has 4 nitrogen and oxygen atoms in total. The fourth-order valence-corrected chi connectivity index (χ4v) is 1.50. The molecule has 0 atom stereocenters. The highest BCUT2D eigenvalue weighted by Crippen LogP contribution is 2.21. The maximum Gasteiger partial charge on any atom is 0.389 e. The number of aromatic nitrogens is 1. The van der Waals surface area contributed by atoms with E-state index in [1.54, 1.807) is 6.07 Å². The Balaban J connectivity index is 2.35. The molecule has 0 spiro atoms. The molecule has 3 N–H and O–H groups in total. The van der Waals surface area contributed by atoms with E-state index in [0.29, 0.717) is 5.56 Å². The summed E-state index contributed by atoms with van der Waals surface area (Å²) in [6, 6.07) is 3.14. The molecule has 1 heterocycles. The van der Waals surface area contributed by atoms with Crippen LogP contribution in [-0.4, -0.2) is 30.2 Å². The van der Waals surface area contributed by atoms with Gasteiger partial charge in [0.1, 0.15) is 5.69 Å². The third kappa shape index (κ3) is 7.32. The lowest BCUT2D eigenvalue weighted by molar-refractivity contribution is -0.135. The van der Waals surface area contributed by atoms with Gasteiger partial charge >= 0.3 is 6.18 Å². The topological polar surface area (TPSA) is 68.0 Å². The van der Waals surface area contributed by atoms with Crippen LogP contribution in [0.1, 0.15) is 35.3 Å². The van der Waals surface area contributed by atoms with Gasteiger partial charge in [0, 0.05) is 24.7 Å². The molecule has 0 saturated carbocycles. The number of unbranched alkanes of at least 4 members (excludes halogenated alkanes) is 1. The summed E-state index contributed by atoms with van der Waals surface area (Å²) in [4.78, 5) is 15.6. The molecule has 0 aliphatic heterocycles. The highest BCUT2D eigenvalue weighted by Gasteiger charge is 2.25. The molecule has 7 heteroatoms. The molecular formula is C14H16F3N3O. The van der Waals surface area contributed by atoms with E-state index in [9.17, 15) is 18.0 Å². The number of alkyl halides is 3. The lowest BCUT2D eigenvalue weighted by Gasteiger charge is -2.07. The molecule has 0 bridgehead atoms. The van der Waals surface area contributed by atoms with Crippen LogP contribution in [0.3, 0.4) is 0 Å². The lowest BCUT2D eigenvalue weighted by atomic mass is 10.2. The first-order chi connectivity index (χ1) is 9.92. The Morgan fingerprint density at radius 1 is 1.33 bits per heavy atom. The summed E-state index contributed by atoms with van der Waals surface area (Å²) in [6.07, 6.45) is -3.28. The summed E-state index contributed by atoms with van der Waals surface area (Å²) in [5, 5.41) is 2.52. The number of nitrogens with two attached hydrogens (primary N) is 1. The summed E-state index contributed by atoms with van der Waals surface area (Å²) in [6.45, 7) is 0.422. The number of amides is 1. The average molecular weight is 299 g/mol. The minimum atomic E-state index is -4.15. The molecule has 0 saturated heterocycles. The molecule has 1 rings (SSSR count). The zero-order chi connectivity index (χ0) is 15.7. The van der Waals surface area contributed by atoms with Crippen LogP contribution < -0.4 is 11.1 Å². The standard InChI is InChI=1S/C14H16F3N3O/c15-14(16,17)7-1-2-9-19-13(21)12-6-5-11(10-20-12)4-3-8-18/h5-6,10H,1-2,7-9,18H2,(H,19,21). The van der Waals surface area contributed by atoms with Gasteiger partial charge in [-0.05, 0) is 25.0 Å². The van der Waals surface area contributed by atoms with Crippen LogP contribution in [0.15, 0.2) is 18.3 Å². The molecule has 21 heavy (non-hydrogen) atoms. The van der Waals surface area contributed by atoms with E-state index >= 15 is 0 Å².